The minimum absolute atomic E-state index is 0.0861. The molecule has 0 atom stereocenters. The number of hydrogen-bond donors (Lipinski definition) is 3. The first-order valence-electron chi connectivity index (χ1n) is 9.85. The summed E-state index contributed by atoms with van der Waals surface area (Å²) in [4.78, 5) is 20.6. The van der Waals surface area contributed by atoms with Crippen LogP contribution in [0.2, 0.25) is 0 Å². The molecule has 0 radical (unpaired) electrons. The number of rotatable bonds is 5. The van der Waals surface area contributed by atoms with E-state index >= 15 is 0 Å². The molecule has 1 aliphatic rings. The molecule has 3 aromatic rings. The summed E-state index contributed by atoms with van der Waals surface area (Å²) in [6.45, 7) is 1.50. The molecule has 1 amide bonds. The van der Waals surface area contributed by atoms with Gasteiger partial charge in [0.25, 0.3) is 0 Å². The molecule has 0 spiro atoms. The molecular weight excluding hydrogens is 350 g/mol. The Morgan fingerprint density at radius 3 is 2.39 bits per heavy atom. The fourth-order valence-corrected chi connectivity index (χ4v) is 3.65. The van der Waals surface area contributed by atoms with E-state index in [2.05, 4.69) is 27.0 Å². The van der Waals surface area contributed by atoms with Crippen molar-refractivity contribution in [2.75, 3.05) is 16.0 Å². The Bertz CT molecular complexity index is 964. The highest BCUT2D eigenvalue weighted by molar-refractivity contribution is 5.91. The summed E-state index contributed by atoms with van der Waals surface area (Å²) in [6, 6.07) is 16.1. The number of anilines is 4. The van der Waals surface area contributed by atoms with Gasteiger partial charge in [0.05, 0.1) is 5.52 Å². The second kappa shape index (κ2) is 8.25. The molecule has 1 aliphatic carbocycles. The fraction of sp³-hybridized carbons (Fsp3) is 0.318. The molecule has 0 saturated heterocycles. The van der Waals surface area contributed by atoms with Crippen LogP contribution >= 0.6 is 0 Å². The van der Waals surface area contributed by atoms with Crippen LogP contribution in [0.4, 0.5) is 23.1 Å². The molecule has 4 rings (SSSR count). The third-order valence-electron chi connectivity index (χ3n) is 5.01. The molecule has 1 fully saturated rings. The quantitative estimate of drug-likeness (QED) is 0.580. The zero-order valence-corrected chi connectivity index (χ0v) is 16.0. The van der Waals surface area contributed by atoms with Gasteiger partial charge in [-0.15, -0.1) is 0 Å². The number of fused-ring (bicyclic) bond motifs is 1. The van der Waals surface area contributed by atoms with Gasteiger partial charge in [0, 0.05) is 29.7 Å². The predicted octanol–water partition coefficient (Wildman–Crippen LogP) is 5.08. The molecule has 0 aliphatic heterocycles. The third-order valence-corrected chi connectivity index (χ3v) is 5.01. The fourth-order valence-electron chi connectivity index (χ4n) is 3.65. The molecule has 1 saturated carbocycles. The average molecular weight is 375 g/mol. The number of benzene rings is 2. The maximum Gasteiger partial charge on any atom is 0.229 e. The lowest BCUT2D eigenvalue weighted by molar-refractivity contribution is -0.114. The molecule has 2 aromatic carbocycles. The lowest BCUT2D eigenvalue weighted by Crippen LogP contribution is -2.23. The summed E-state index contributed by atoms with van der Waals surface area (Å²) in [5, 5.41) is 10.7. The summed E-state index contributed by atoms with van der Waals surface area (Å²) in [7, 11) is 0. The van der Waals surface area contributed by atoms with E-state index in [9.17, 15) is 4.79 Å². The summed E-state index contributed by atoms with van der Waals surface area (Å²) in [6.07, 6.45) is 6.24. The highest BCUT2D eigenvalue weighted by Crippen LogP contribution is 2.27. The largest absolute Gasteiger partial charge is 0.367 e. The van der Waals surface area contributed by atoms with Gasteiger partial charge < -0.3 is 16.0 Å². The monoisotopic (exact) mass is 375 g/mol. The van der Waals surface area contributed by atoms with Crippen molar-refractivity contribution < 1.29 is 4.79 Å². The first-order chi connectivity index (χ1) is 13.7. The Hall–Kier alpha value is -3.15. The summed E-state index contributed by atoms with van der Waals surface area (Å²) in [5.74, 6) is 1.36. The normalized spacial score (nSPS) is 14.6. The lowest BCUT2D eigenvalue weighted by atomic mass is 9.95. The molecule has 6 nitrogen and oxygen atoms in total. The zero-order valence-electron chi connectivity index (χ0n) is 16.0. The van der Waals surface area contributed by atoms with Crippen LogP contribution in [0.5, 0.6) is 0 Å². The number of nitrogens with zero attached hydrogens (tertiary/aromatic N) is 2. The van der Waals surface area contributed by atoms with Crippen molar-refractivity contribution in [1.29, 1.82) is 0 Å². The van der Waals surface area contributed by atoms with E-state index in [0.29, 0.717) is 12.0 Å². The average Bonchev–Trinajstić information content (AvgIpc) is 2.70. The van der Waals surface area contributed by atoms with Crippen molar-refractivity contribution in [3.63, 3.8) is 0 Å². The van der Waals surface area contributed by atoms with Crippen molar-refractivity contribution >= 4 is 40.0 Å². The molecule has 6 heteroatoms. The van der Waals surface area contributed by atoms with E-state index in [1.54, 1.807) is 0 Å². The van der Waals surface area contributed by atoms with Crippen LogP contribution in [-0.2, 0) is 4.79 Å². The maximum absolute atomic E-state index is 11.2. The second-order valence-corrected chi connectivity index (χ2v) is 7.28. The number of para-hydroxylation sites is 1. The van der Waals surface area contributed by atoms with Crippen molar-refractivity contribution in [2.24, 2.45) is 0 Å². The van der Waals surface area contributed by atoms with Gasteiger partial charge in [-0.2, -0.15) is 4.98 Å². The van der Waals surface area contributed by atoms with Crippen molar-refractivity contribution in [2.45, 2.75) is 45.1 Å². The highest BCUT2D eigenvalue weighted by Gasteiger charge is 2.16. The lowest BCUT2D eigenvalue weighted by Gasteiger charge is -2.24. The Balaban J connectivity index is 1.59. The number of carbonyl (C=O) groups is 1. The molecule has 0 unspecified atom stereocenters. The summed E-state index contributed by atoms with van der Waals surface area (Å²) < 4.78 is 0. The molecule has 3 N–H and O–H groups in total. The Morgan fingerprint density at radius 1 is 0.929 bits per heavy atom. The van der Waals surface area contributed by atoms with Gasteiger partial charge in [0.2, 0.25) is 11.9 Å². The molecule has 1 heterocycles. The number of nitrogens with one attached hydrogen (secondary N) is 3. The Kier molecular flexibility index (Phi) is 5.37. The van der Waals surface area contributed by atoms with Crippen LogP contribution in [0.25, 0.3) is 10.9 Å². The minimum Gasteiger partial charge on any atom is -0.367 e. The van der Waals surface area contributed by atoms with Gasteiger partial charge in [0.15, 0.2) is 0 Å². The first-order valence-corrected chi connectivity index (χ1v) is 9.85. The molecule has 1 aromatic heterocycles. The topological polar surface area (TPSA) is 78.9 Å². The second-order valence-electron chi connectivity index (χ2n) is 7.28. The van der Waals surface area contributed by atoms with Crippen LogP contribution in [0.3, 0.4) is 0 Å². The third kappa shape index (κ3) is 4.39. The van der Waals surface area contributed by atoms with Crippen LogP contribution in [0, 0.1) is 0 Å². The van der Waals surface area contributed by atoms with Crippen LogP contribution in [0.1, 0.15) is 39.0 Å². The zero-order chi connectivity index (χ0) is 19.3. The van der Waals surface area contributed by atoms with Crippen molar-refractivity contribution in [1.82, 2.24) is 9.97 Å². The van der Waals surface area contributed by atoms with Gasteiger partial charge in [-0.3, -0.25) is 4.79 Å². The Morgan fingerprint density at radius 2 is 1.64 bits per heavy atom. The van der Waals surface area contributed by atoms with E-state index in [1.165, 1.54) is 39.0 Å². The molecular formula is C22H25N5O. The van der Waals surface area contributed by atoms with E-state index < -0.39 is 0 Å². The van der Waals surface area contributed by atoms with Gasteiger partial charge >= 0.3 is 0 Å². The number of amides is 1. The minimum atomic E-state index is -0.0861. The maximum atomic E-state index is 11.2. The van der Waals surface area contributed by atoms with Gasteiger partial charge in [-0.25, -0.2) is 4.98 Å². The van der Waals surface area contributed by atoms with E-state index in [0.717, 1.165) is 28.1 Å². The Labute approximate surface area is 164 Å². The van der Waals surface area contributed by atoms with E-state index in [4.69, 9.17) is 4.98 Å². The van der Waals surface area contributed by atoms with Gasteiger partial charge in [-0.1, -0.05) is 31.4 Å². The molecule has 144 valence electrons. The van der Waals surface area contributed by atoms with Crippen LogP contribution in [0.15, 0.2) is 48.5 Å². The van der Waals surface area contributed by atoms with Crippen LogP contribution < -0.4 is 16.0 Å². The SMILES string of the molecule is CC(=O)Nc1ccc(Nc2nc(NC3CCCCC3)c3ccccc3n2)cc1. The smallest absolute Gasteiger partial charge is 0.229 e. The van der Waals surface area contributed by atoms with Gasteiger partial charge in [-0.05, 0) is 49.2 Å². The van der Waals surface area contributed by atoms with Crippen LogP contribution in [-0.4, -0.2) is 21.9 Å². The standard InChI is InChI=1S/C22H25N5O/c1-15(28)23-17-11-13-18(14-12-17)25-22-26-20-10-6-5-9-19(20)21(27-22)24-16-7-3-2-4-8-16/h5-6,9-14,16H,2-4,7-8H2,1H3,(H,23,28)(H2,24,25,26,27). The number of aromatic nitrogens is 2. The first kappa shape index (κ1) is 18.2. The van der Waals surface area contributed by atoms with E-state index in [1.807, 2.05) is 42.5 Å². The summed E-state index contributed by atoms with van der Waals surface area (Å²) in [5.41, 5.74) is 2.54. The highest BCUT2D eigenvalue weighted by atomic mass is 16.1. The predicted molar refractivity (Wildman–Crippen MR) is 114 cm³/mol. The van der Waals surface area contributed by atoms with Gasteiger partial charge in [0.1, 0.15) is 5.82 Å². The number of hydrogen-bond acceptors (Lipinski definition) is 5. The number of carbonyl (C=O) groups excluding carboxylic acids is 1. The molecule has 28 heavy (non-hydrogen) atoms. The van der Waals surface area contributed by atoms with Crippen molar-refractivity contribution in [3.8, 4) is 0 Å². The summed E-state index contributed by atoms with van der Waals surface area (Å²) >= 11 is 0. The van der Waals surface area contributed by atoms with Crippen molar-refractivity contribution in [3.05, 3.63) is 48.5 Å². The molecule has 0 bridgehead atoms. The van der Waals surface area contributed by atoms with E-state index in [-0.39, 0.29) is 5.91 Å².